The molecule has 3 rings (SSSR count). The lowest BCUT2D eigenvalue weighted by Gasteiger charge is -2.28. The van der Waals surface area contributed by atoms with Crippen molar-refractivity contribution in [2.75, 3.05) is 20.2 Å². The third-order valence-corrected chi connectivity index (χ3v) is 4.54. The quantitative estimate of drug-likeness (QED) is 0.858. The second-order valence-corrected chi connectivity index (χ2v) is 6.14. The van der Waals surface area contributed by atoms with Crippen molar-refractivity contribution < 1.29 is 9.53 Å². The van der Waals surface area contributed by atoms with Crippen LogP contribution in [-0.4, -0.2) is 32.1 Å². The first-order valence-electron chi connectivity index (χ1n) is 8.48. The molecule has 0 spiro atoms. The third kappa shape index (κ3) is 3.95. The van der Waals surface area contributed by atoms with Gasteiger partial charge in [-0.2, -0.15) is 0 Å². The minimum absolute atomic E-state index is 0.0270. The largest absolute Gasteiger partial charge is 0.493 e. The van der Waals surface area contributed by atoms with Crippen LogP contribution in [0.3, 0.4) is 0 Å². The molecule has 4 heteroatoms. The lowest BCUT2D eigenvalue weighted by molar-refractivity contribution is -0.122. The van der Waals surface area contributed by atoms with E-state index in [0.29, 0.717) is 12.3 Å². The Hall–Kier alpha value is -2.33. The van der Waals surface area contributed by atoms with E-state index in [9.17, 15) is 4.79 Å². The molecule has 0 aliphatic carbocycles. The number of hydrogen-bond donors (Lipinski definition) is 2. The van der Waals surface area contributed by atoms with Crippen molar-refractivity contribution in [3.63, 3.8) is 0 Å². The van der Waals surface area contributed by atoms with Crippen molar-refractivity contribution in [3.8, 4) is 5.75 Å². The fourth-order valence-corrected chi connectivity index (χ4v) is 3.19. The SMILES string of the molecule is CNC(=O)[C@@H](Cc1ccccc1)NC[C@@H]1CCOc2ccccc21. The summed E-state index contributed by atoms with van der Waals surface area (Å²) in [5.41, 5.74) is 2.39. The fourth-order valence-electron chi connectivity index (χ4n) is 3.19. The van der Waals surface area contributed by atoms with Gasteiger partial charge >= 0.3 is 0 Å². The van der Waals surface area contributed by atoms with Gasteiger partial charge in [-0.25, -0.2) is 0 Å². The van der Waals surface area contributed by atoms with E-state index < -0.39 is 0 Å². The first kappa shape index (κ1) is 16.5. The smallest absolute Gasteiger partial charge is 0.237 e. The number of amides is 1. The molecule has 2 aromatic carbocycles. The number of carbonyl (C=O) groups is 1. The molecule has 1 aliphatic heterocycles. The highest BCUT2D eigenvalue weighted by Gasteiger charge is 2.24. The molecular weight excluding hydrogens is 300 g/mol. The van der Waals surface area contributed by atoms with E-state index in [1.165, 1.54) is 5.56 Å². The van der Waals surface area contributed by atoms with E-state index >= 15 is 0 Å². The maximum atomic E-state index is 12.2. The van der Waals surface area contributed by atoms with Gasteiger partial charge in [-0.1, -0.05) is 48.5 Å². The van der Waals surface area contributed by atoms with Gasteiger partial charge in [-0.05, 0) is 30.0 Å². The Morgan fingerprint density at radius 2 is 1.92 bits per heavy atom. The number of likely N-dealkylation sites (N-methyl/N-ethyl adjacent to an activating group) is 1. The van der Waals surface area contributed by atoms with Crippen LogP contribution in [0.1, 0.15) is 23.5 Å². The number of nitrogens with one attached hydrogen (secondary N) is 2. The number of hydrogen-bond acceptors (Lipinski definition) is 3. The Morgan fingerprint density at radius 3 is 2.71 bits per heavy atom. The van der Waals surface area contributed by atoms with Crippen LogP contribution < -0.4 is 15.4 Å². The summed E-state index contributed by atoms with van der Waals surface area (Å²) < 4.78 is 5.72. The summed E-state index contributed by atoms with van der Waals surface area (Å²) in [6.45, 7) is 1.50. The van der Waals surface area contributed by atoms with Crippen molar-refractivity contribution in [3.05, 3.63) is 65.7 Å². The highest BCUT2D eigenvalue weighted by Crippen LogP contribution is 2.32. The highest BCUT2D eigenvalue weighted by molar-refractivity contribution is 5.81. The molecule has 24 heavy (non-hydrogen) atoms. The number of carbonyl (C=O) groups excluding carboxylic acids is 1. The summed E-state index contributed by atoms with van der Waals surface area (Å²) in [7, 11) is 1.69. The van der Waals surface area contributed by atoms with Crippen LogP contribution in [0.5, 0.6) is 5.75 Å². The first-order valence-corrected chi connectivity index (χ1v) is 8.48. The monoisotopic (exact) mass is 324 g/mol. The van der Waals surface area contributed by atoms with Crippen molar-refractivity contribution in [2.24, 2.45) is 0 Å². The Balaban J connectivity index is 1.67. The Bertz CT molecular complexity index is 672. The molecule has 1 aliphatic rings. The lowest BCUT2D eigenvalue weighted by atomic mass is 9.92. The van der Waals surface area contributed by atoms with Crippen LogP contribution >= 0.6 is 0 Å². The maximum absolute atomic E-state index is 12.2. The van der Waals surface area contributed by atoms with Crippen LogP contribution in [-0.2, 0) is 11.2 Å². The van der Waals surface area contributed by atoms with Crippen molar-refractivity contribution in [1.82, 2.24) is 10.6 Å². The minimum atomic E-state index is -0.229. The van der Waals surface area contributed by atoms with Crippen molar-refractivity contribution in [2.45, 2.75) is 24.8 Å². The summed E-state index contributed by atoms with van der Waals surface area (Å²) >= 11 is 0. The van der Waals surface area contributed by atoms with E-state index in [-0.39, 0.29) is 11.9 Å². The van der Waals surface area contributed by atoms with E-state index in [1.807, 2.05) is 36.4 Å². The standard InChI is InChI=1S/C20H24N2O2/c1-21-20(23)18(13-15-7-3-2-4-8-15)22-14-16-11-12-24-19-10-6-5-9-17(16)19/h2-10,16,18,22H,11-14H2,1H3,(H,21,23)/t16-,18+/m0/s1. The van der Waals surface area contributed by atoms with Crippen molar-refractivity contribution >= 4 is 5.91 Å². The predicted octanol–water partition coefficient (Wildman–Crippen LogP) is 2.50. The van der Waals surface area contributed by atoms with Gasteiger partial charge in [0, 0.05) is 19.5 Å². The molecule has 2 aromatic rings. The van der Waals surface area contributed by atoms with E-state index in [0.717, 1.165) is 30.9 Å². The summed E-state index contributed by atoms with van der Waals surface area (Å²) in [5.74, 6) is 1.37. The number of ether oxygens (including phenoxy) is 1. The van der Waals surface area contributed by atoms with Crippen LogP contribution in [0.15, 0.2) is 54.6 Å². The molecule has 0 saturated carbocycles. The molecule has 2 atom stereocenters. The van der Waals surface area contributed by atoms with E-state index in [4.69, 9.17) is 4.74 Å². The average Bonchev–Trinajstić information content (AvgIpc) is 2.65. The van der Waals surface area contributed by atoms with E-state index in [2.05, 4.69) is 28.8 Å². The number of benzene rings is 2. The summed E-state index contributed by atoms with van der Waals surface area (Å²) in [6, 6.07) is 18.1. The zero-order chi connectivity index (χ0) is 16.8. The second kappa shape index (κ2) is 7.97. The Labute approximate surface area is 143 Å². The molecule has 0 unspecified atom stereocenters. The Morgan fingerprint density at radius 1 is 1.17 bits per heavy atom. The molecule has 1 amide bonds. The van der Waals surface area contributed by atoms with Crippen LogP contribution in [0, 0.1) is 0 Å². The Kier molecular flexibility index (Phi) is 5.49. The van der Waals surface area contributed by atoms with Crippen molar-refractivity contribution in [1.29, 1.82) is 0 Å². The lowest BCUT2D eigenvalue weighted by Crippen LogP contribution is -2.46. The van der Waals surface area contributed by atoms with E-state index in [1.54, 1.807) is 7.05 Å². The summed E-state index contributed by atoms with van der Waals surface area (Å²) in [6.07, 6.45) is 1.65. The normalized spacial score (nSPS) is 17.5. The molecule has 0 aromatic heterocycles. The average molecular weight is 324 g/mol. The second-order valence-electron chi connectivity index (χ2n) is 6.14. The van der Waals surface area contributed by atoms with Gasteiger partial charge in [0.25, 0.3) is 0 Å². The molecule has 0 radical (unpaired) electrons. The summed E-state index contributed by atoms with van der Waals surface area (Å²) in [4.78, 5) is 12.2. The predicted molar refractivity (Wildman–Crippen MR) is 95.3 cm³/mol. The molecule has 4 nitrogen and oxygen atoms in total. The fraction of sp³-hybridized carbons (Fsp3) is 0.350. The minimum Gasteiger partial charge on any atom is -0.493 e. The van der Waals surface area contributed by atoms with Gasteiger partial charge < -0.3 is 15.4 Å². The molecule has 2 N–H and O–H groups in total. The highest BCUT2D eigenvalue weighted by atomic mass is 16.5. The number of para-hydroxylation sites is 1. The molecule has 1 heterocycles. The topological polar surface area (TPSA) is 50.4 Å². The maximum Gasteiger partial charge on any atom is 0.237 e. The third-order valence-electron chi connectivity index (χ3n) is 4.54. The van der Waals surface area contributed by atoms with Gasteiger partial charge in [-0.3, -0.25) is 4.79 Å². The van der Waals surface area contributed by atoms with Gasteiger partial charge in [-0.15, -0.1) is 0 Å². The van der Waals surface area contributed by atoms with Crippen LogP contribution in [0.4, 0.5) is 0 Å². The van der Waals surface area contributed by atoms with Gasteiger partial charge in [0.2, 0.25) is 5.91 Å². The van der Waals surface area contributed by atoms with Gasteiger partial charge in [0.1, 0.15) is 5.75 Å². The molecule has 126 valence electrons. The van der Waals surface area contributed by atoms with Crippen LogP contribution in [0.2, 0.25) is 0 Å². The molecule has 0 fully saturated rings. The van der Waals surface area contributed by atoms with Gasteiger partial charge in [0.15, 0.2) is 0 Å². The zero-order valence-electron chi connectivity index (χ0n) is 14.0. The molecular formula is C20H24N2O2. The molecule has 0 saturated heterocycles. The number of rotatable bonds is 6. The number of fused-ring (bicyclic) bond motifs is 1. The first-order chi connectivity index (χ1) is 11.8. The summed E-state index contributed by atoms with van der Waals surface area (Å²) in [5, 5.41) is 6.23. The van der Waals surface area contributed by atoms with Crippen LogP contribution in [0.25, 0.3) is 0 Å². The molecule has 0 bridgehead atoms. The van der Waals surface area contributed by atoms with Gasteiger partial charge in [0.05, 0.1) is 12.6 Å². The zero-order valence-corrected chi connectivity index (χ0v) is 14.0.